The third-order valence-corrected chi connectivity index (χ3v) is 3.87. The van der Waals surface area contributed by atoms with Crippen LogP contribution in [0.3, 0.4) is 0 Å². The second kappa shape index (κ2) is 8.15. The molecule has 3 rings (SSSR count). The molecule has 5 nitrogen and oxygen atoms in total. The van der Waals surface area contributed by atoms with E-state index >= 15 is 0 Å². The minimum Gasteiger partial charge on any atom is -0.348 e. The smallest absolute Gasteiger partial charge is 0.255 e. The molecule has 1 aromatic carbocycles. The lowest BCUT2D eigenvalue weighted by molar-refractivity contribution is 0.0957. The summed E-state index contributed by atoms with van der Waals surface area (Å²) in [5.41, 5.74) is 3.30. The molecule has 0 unspecified atom stereocenters. The lowest BCUT2D eigenvalue weighted by Gasteiger charge is -2.14. The number of carbonyl (C=O) groups excluding carboxylic acids is 1. The Morgan fingerprint density at radius 3 is 3.00 bits per heavy atom. The van der Waals surface area contributed by atoms with Crippen molar-refractivity contribution in [3.05, 3.63) is 52.7 Å². The highest BCUT2D eigenvalue weighted by molar-refractivity contribution is 6.30. The van der Waals surface area contributed by atoms with Crippen molar-refractivity contribution >= 4 is 29.9 Å². The van der Waals surface area contributed by atoms with Gasteiger partial charge in [-0.2, -0.15) is 5.10 Å². The van der Waals surface area contributed by atoms with E-state index < -0.39 is 0 Å². The van der Waals surface area contributed by atoms with E-state index in [1.54, 1.807) is 18.3 Å². The second-order valence-electron chi connectivity index (χ2n) is 5.17. The molecular formula is C16H18Cl2N4O. The van der Waals surface area contributed by atoms with E-state index in [2.05, 4.69) is 26.9 Å². The zero-order valence-corrected chi connectivity index (χ0v) is 14.0. The van der Waals surface area contributed by atoms with Crippen LogP contribution in [0.2, 0.25) is 5.02 Å². The molecule has 7 heteroatoms. The Balaban J connectivity index is 0.00000192. The number of carbonyl (C=O) groups is 1. The number of aromatic nitrogens is 2. The Bertz CT molecular complexity index is 712. The third-order valence-electron chi connectivity index (χ3n) is 3.63. The van der Waals surface area contributed by atoms with Crippen molar-refractivity contribution in [3.8, 4) is 11.3 Å². The molecule has 1 amide bonds. The van der Waals surface area contributed by atoms with Crippen LogP contribution in [0.1, 0.15) is 16.8 Å². The Morgan fingerprint density at radius 1 is 1.39 bits per heavy atom. The minimum absolute atomic E-state index is 0. The lowest BCUT2D eigenvalue weighted by Crippen LogP contribution is -2.29. The number of amides is 1. The van der Waals surface area contributed by atoms with E-state index in [-0.39, 0.29) is 18.3 Å². The van der Waals surface area contributed by atoms with Crippen LogP contribution in [0.4, 0.5) is 0 Å². The molecular weight excluding hydrogens is 335 g/mol. The highest BCUT2D eigenvalue weighted by Gasteiger charge is 2.15. The molecule has 23 heavy (non-hydrogen) atoms. The molecule has 0 atom stereocenters. The van der Waals surface area contributed by atoms with Crippen LogP contribution in [0.5, 0.6) is 0 Å². The number of hydrogen-bond donors (Lipinski definition) is 3. The zero-order valence-electron chi connectivity index (χ0n) is 12.4. The van der Waals surface area contributed by atoms with E-state index in [1.807, 2.05) is 12.1 Å². The Kier molecular flexibility index (Phi) is 6.21. The third kappa shape index (κ3) is 4.34. The summed E-state index contributed by atoms with van der Waals surface area (Å²) in [6, 6.07) is 7.34. The van der Waals surface area contributed by atoms with Gasteiger partial charge in [-0.25, -0.2) is 0 Å². The summed E-state index contributed by atoms with van der Waals surface area (Å²) in [7, 11) is 0. The number of nitrogens with zero attached hydrogens (tertiary/aromatic N) is 1. The van der Waals surface area contributed by atoms with Gasteiger partial charge < -0.3 is 10.6 Å². The Morgan fingerprint density at radius 2 is 2.26 bits per heavy atom. The maximum atomic E-state index is 12.4. The van der Waals surface area contributed by atoms with Crippen LogP contribution in [0.15, 0.2) is 42.1 Å². The van der Waals surface area contributed by atoms with Gasteiger partial charge >= 0.3 is 0 Å². The van der Waals surface area contributed by atoms with Crippen LogP contribution in [-0.4, -0.2) is 35.7 Å². The monoisotopic (exact) mass is 352 g/mol. The van der Waals surface area contributed by atoms with E-state index in [9.17, 15) is 4.79 Å². The highest BCUT2D eigenvalue weighted by atomic mass is 35.5. The van der Waals surface area contributed by atoms with E-state index in [1.165, 1.54) is 5.57 Å². The number of nitrogens with one attached hydrogen (secondary N) is 3. The number of rotatable bonds is 4. The fraction of sp³-hybridized carbons (Fsp3) is 0.250. The van der Waals surface area contributed by atoms with E-state index in [0.717, 1.165) is 25.1 Å². The van der Waals surface area contributed by atoms with Gasteiger partial charge in [-0.05, 0) is 25.1 Å². The van der Waals surface area contributed by atoms with Gasteiger partial charge in [0, 0.05) is 23.7 Å². The van der Waals surface area contributed by atoms with Crippen molar-refractivity contribution in [1.29, 1.82) is 0 Å². The molecule has 2 heterocycles. The molecule has 3 N–H and O–H groups in total. The first-order valence-electron chi connectivity index (χ1n) is 7.20. The van der Waals surface area contributed by atoms with Gasteiger partial charge in [0.2, 0.25) is 0 Å². The SMILES string of the molecule is Cl.O=C(NCC1=CCNCC1)c1cn[nH]c1-c1cccc(Cl)c1. The Hall–Kier alpha value is -1.82. The van der Waals surface area contributed by atoms with Gasteiger partial charge in [0.15, 0.2) is 0 Å². The number of aromatic amines is 1. The molecule has 0 fully saturated rings. The molecule has 0 radical (unpaired) electrons. The van der Waals surface area contributed by atoms with Crippen LogP contribution in [-0.2, 0) is 0 Å². The fourth-order valence-electron chi connectivity index (χ4n) is 2.44. The van der Waals surface area contributed by atoms with Crippen molar-refractivity contribution in [3.63, 3.8) is 0 Å². The van der Waals surface area contributed by atoms with E-state index in [0.29, 0.717) is 22.8 Å². The molecule has 1 aliphatic rings. The van der Waals surface area contributed by atoms with Crippen molar-refractivity contribution < 1.29 is 4.79 Å². The maximum Gasteiger partial charge on any atom is 0.255 e. The van der Waals surface area contributed by atoms with Crippen molar-refractivity contribution in [2.45, 2.75) is 6.42 Å². The molecule has 122 valence electrons. The number of hydrogen-bond acceptors (Lipinski definition) is 3. The minimum atomic E-state index is -0.136. The predicted octanol–water partition coefficient (Wildman–Crippen LogP) is 2.80. The van der Waals surface area contributed by atoms with Crippen molar-refractivity contribution in [2.75, 3.05) is 19.6 Å². The molecule has 0 saturated carbocycles. The van der Waals surface area contributed by atoms with E-state index in [4.69, 9.17) is 11.6 Å². The highest BCUT2D eigenvalue weighted by Crippen LogP contribution is 2.23. The zero-order chi connectivity index (χ0) is 15.4. The topological polar surface area (TPSA) is 69.8 Å². The molecule has 1 aliphatic heterocycles. The predicted molar refractivity (Wildman–Crippen MR) is 94.2 cm³/mol. The van der Waals surface area contributed by atoms with Gasteiger partial charge in [-0.1, -0.05) is 35.4 Å². The largest absolute Gasteiger partial charge is 0.348 e. The van der Waals surface area contributed by atoms with Gasteiger partial charge in [0.05, 0.1) is 17.5 Å². The molecule has 0 bridgehead atoms. The van der Waals surface area contributed by atoms with Gasteiger partial charge in [-0.15, -0.1) is 12.4 Å². The Labute approximate surface area is 145 Å². The summed E-state index contributed by atoms with van der Waals surface area (Å²) < 4.78 is 0. The summed E-state index contributed by atoms with van der Waals surface area (Å²) in [4.78, 5) is 12.4. The average molecular weight is 353 g/mol. The van der Waals surface area contributed by atoms with Crippen LogP contribution >= 0.6 is 24.0 Å². The van der Waals surface area contributed by atoms with Crippen LogP contribution in [0, 0.1) is 0 Å². The molecule has 0 aliphatic carbocycles. The summed E-state index contributed by atoms with van der Waals surface area (Å²) in [5.74, 6) is -0.136. The fourth-order valence-corrected chi connectivity index (χ4v) is 2.63. The number of benzene rings is 1. The summed E-state index contributed by atoms with van der Waals surface area (Å²) in [6.45, 7) is 2.40. The first kappa shape index (κ1) is 17.5. The number of H-pyrrole nitrogens is 1. The van der Waals surface area contributed by atoms with Gasteiger partial charge in [0.1, 0.15) is 0 Å². The lowest BCUT2D eigenvalue weighted by atomic mass is 10.1. The summed E-state index contributed by atoms with van der Waals surface area (Å²) in [5, 5.41) is 13.7. The molecule has 2 aromatic rings. The van der Waals surface area contributed by atoms with Gasteiger partial charge in [0.25, 0.3) is 5.91 Å². The van der Waals surface area contributed by atoms with Crippen LogP contribution in [0.25, 0.3) is 11.3 Å². The maximum absolute atomic E-state index is 12.4. The standard InChI is InChI=1S/C16H17ClN4O.ClH/c17-13-3-1-2-12(8-13)15-14(10-20-21-15)16(22)19-9-11-4-6-18-7-5-11;/h1-4,8,10,18H,5-7,9H2,(H,19,22)(H,20,21);1H. The first-order valence-corrected chi connectivity index (χ1v) is 7.58. The summed E-state index contributed by atoms with van der Waals surface area (Å²) >= 11 is 6.01. The summed E-state index contributed by atoms with van der Waals surface area (Å²) in [6.07, 6.45) is 4.63. The van der Waals surface area contributed by atoms with Crippen LogP contribution < -0.4 is 10.6 Å². The van der Waals surface area contributed by atoms with Gasteiger partial charge in [-0.3, -0.25) is 9.89 Å². The quantitative estimate of drug-likeness (QED) is 0.741. The molecule has 0 spiro atoms. The normalized spacial score (nSPS) is 13.9. The molecule has 1 aromatic heterocycles. The average Bonchev–Trinajstić information content (AvgIpc) is 3.03. The van der Waals surface area contributed by atoms with Crippen molar-refractivity contribution in [2.24, 2.45) is 0 Å². The van der Waals surface area contributed by atoms with Crippen molar-refractivity contribution in [1.82, 2.24) is 20.8 Å². The number of halogens is 2. The molecule has 0 saturated heterocycles. The second-order valence-corrected chi connectivity index (χ2v) is 5.60. The first-order chi connectivity index (χ1) is 10.7.